The number of aryl methyl sites for hydroxylation is 4. The molecule has 0 aromatic carbocycles. The molecule has 16 nitrogen and oxygen atoms in total. The van der Waals surface area contributed by atoms with E-state index in [-0.39, 0.29) is 27.5 Å². The van der Waals surface area contributed by atoms with Crippen LogP contribution in [0.2, 0.25) is 0 Å². The van der Waals surface area contributed by atoms with Crippen LogP contribution in [0.15, 0.2) is 65.1 Å². The summed E-state index contributed by atoms with van der Waals surface area (Å²) in [6.45, 7) is 5.51. The highest BCUT2D eigenvalue weighted by atomic mass is 79.9. The molecule has 1 aliphatic rings. The minimum absolute atomic E-state index is 0.149. The summed E-state index contributed by atoms with van der Waals surface area (Å²) in [5.74, 6) is -1.18. The molecule has 0 aliphatic carbocycles. The maximum Gasteiger partial charge on any atom is 0.272 e. The number of hydrogen-bond donors (Lipinski definition) is 6. The third-order valence-electron chi connectivity index (χ3n) is 7.62. The zero-order valence-corrected chi connectivity index (χ0v) is 28.9. The number of nitrogens with one attached hydrogen (secondary N) is 6. The van der Waals surface area contributed by atoms with Gasteiger partial charge in [-0.25, -0.2) is 0 Å². The Morgan fingerprint density at radius 1 is 0.694 bits per heavy atom. The number of amidine groups is 1. The van der Waals surface area contributed by atoms with Gasteiger partial charge in [0.1, 0.15) is 22.8 Å². The van der Waals surface area contributed by atoms with E-state index in [9.17, 15) is 24.0 Å². The highest BCUT2D eigenvalue weighted by Gasteiger charge is 2.20. The van der Waals surface area contributed by atoms with Crippen molar-refractivity contribution < 1.29 is 24.0 Å². The van der Waals surface area contributed by atoms with Gasteiger partial charge in [-0.2, -0.15) is 0 Å². The Hall–Kier alpha value is -5.84. The molecular weight excluding hydrogens is 698 g/mol. The fourth-order valence-electron chi connectivity index (χ4n) is 5.22. The molecule has 4 aromatic rings. The highest BCUT2D eigenvalue weighted by molar-refractivity contribution is 9.12. The molecule has 0 saturated carbocycles. The van der Waals surface area contributed by atoms with E-state index >= 15 is 0 Å². The number of carbonyl (C=O) groups is 5. The summed E-state index contributed by atoms with van der Waals surface area (Å²) < 4.78 is 6.46. The van der Waals surface area contributed by atoms with Gasteiger partial charge in [0.2, 0.25) is 0 Å². The van der Waals surface area contributed by atoms with Crippen LogP contribution in [0.3, 0.4) is 0 Å². The van der Waals surface area contributed by atoms with Crippen molar-refractivity contribution in [2.45, 2.75) is 6.42 Å². The number of halogens is 1. The molecule has 0 atom stereocenters. The summed E-state index contributed by atoms with van der Waals surface area (Å²) in [4.78, 5) is 68.2. The number of rotatable bonds is 12. The molecule has 6 N–H and O–H groups in total. The molecule has 5 rings (SSSR count). The molecule has 0 spiro atoms. The zero-order valence-electron chi connectivity index (χ0n) is 27.3. The van der Waals surface area contributed by atoms with E-state index in [1.54, 1.807) is 77.3 Å². The van der Waals surface area contributed by atoms with Gasteiger partial charge in [0.15, 0.2) is 0 Å². The van der Waals surface area contributed by atoms with Crippen LogP contribution in [0.25, 0.3) is 0 Å². The van der Waals surface area contributed by atoms with Gasteiger partial charge < -0.3 is 50.2 Å². The molecule has 0 saturated heterocycles. The van der Waals surface area contributed by atoms with Gasteiger partial charge in [0, 0.05) is 72.5 Å². The van der Waals surface area contributed by atoms with Crippen LogP contribution in [0.5, 0.6) is 0 Å². The van der Waals surface area contributed by atoms with Gasteiger partial charge >= 0.3 is 0 Å². The number of hydrogen-bond acceptors (Lipinski definition) is 7. The number of aromatic nitrogens is 4. The van der Waals surface area contributed by atoms with Crippen molar-refractivity contribution in [3.05, 3.63) is 82.9 Å². The predicted octanol–water partition coefficient (Wildman–Crippen LogP) is 2.77. The topological polar surface area (TPSA) is 190 Å². The number of carbonyl (C=O) groups excluding carboxylic acids is 5. The minimum atomic E-state index is -0.464. The van der Waals surface area contributed by atoms with Gasteiger partial charge in [-0.1, -0.05) is 6.58 Å². The first kappa shape index (κ1) is 34.5. The van der Waals surface area contributed by atoms with Crippen molar-refractivity contribution in [1.82, 2.24) is 28.9 Å². The molecule has 0 fully saturated rings. The number of anilines is 4. The zero-order chi connectivity index (χ0) is 35.4. The maximum absolute atomic E-state index is 13.2. The molecule has 5 amide bonds. The lowest BCUT2D eigenvalue weighted by Crippen LogP contribution is -2.30. The van der Waals surface area contributed by atoms with Gasteiger partial charge in [0.05, 0.1) is 39.6 Å². The Labute approximate surface area is 289 Å². The quantitative estimate of drug-likeness (QED) is 0.121. The van der Waals surface area contributed by atoms with Crippen molar-refractivity contribution in [3.63, 3.8) is 0 Å². The Balaban J connectivity index is 1.18. The van der Waals surface area contributed by atoms with E-state index < -0.39 is 23.6 Å². The summed E-state index contributed by atoms with van der Waals surface area (Å²) in [7, 11) is 6.71. The second-order valence-corrected chi connectivity index (χ2v) is 12.3. The first-order valence-corrected chi connectivity index (χ1v) is 15.9. The number of aliphatic imine (C=N–C) groups is 1. The van der Waals surface area contributed by atoms with Crippen LogP contribution >= 0.6 is 15.9 Å². The summed E-state index contributed by atoms with van der Waals surface area (Å²) in [5, 5.41) is 17.0. The van der Waals surface area contributed by atoms with E-state index in [1.165, 1.54) is 18.2 Å². The number of nitrogens with zero attached hydrogens (tertiary/aromatic N) is 5. The lowest BCUT2D eigenvalue weighted by molar-refractivity contribution is -0.112. The Morgan fingerprint density at radius 3 is 1.45 bits per heavy atom. The van der Waals surface area contributed by atoms with E-state index in [2.05, 4.69) is 59.4 Å². The van der Waals surface area contributed by atoms with Crippen molar-refractivity contribution in [2.75, 3.05) is 40.9 Å². The van der Waals surface area contributed by atoms with E-state index in [1.807, 2.05) is 0 Å². The fraction of sp³-hybridized carbons (Fsp3) is 0.250. The van der Waals surface area contributed by atoms with Crippen LogP contribution < -0.4 is 31.9 Å². The monoisotopic (exact) mass is 733 g/mol. The SMILES string of the molecule is C=C(Br)C(=O)Nc1cc(C(=O)Nc2cc(C(=O)Nc3cc(C(=O)Nc4cc(C(=O)NCCC5=NCCN5)n(C)c4)n(C)c3)n(C)c2)n(C)c1. The van der Waals surface area contributed by atoms with E-state index in [0.29, 0.717) is 41.4 Å². The molecule has 0 radical (unpaired) electrons. The smallest absolute Gasteiger partial charge is 0.272 e. The number of amides is 5. The molecule has 4 aromatic heterocycles. The van der Waals surface area contributed by atoms with E-state index in [4.69, 9.17) is 0 Å². The van der Waals surface area contributed by atoms with Gasteiger partial charge in [0.25, 0.3) is 29.5 Å². The fourth-order valence-corrected chi connectivity index (χ4v) is 5.32. The first-order valence-electron chi connectivity index (χ1n) is 15.1. The first-order chi connectivity index (χ1) is 23.3. The summed E-state index contributed by atoms with van der Waals surface area (Å²) in [6, 6.07) is 6.16. The van der Waals surface area contributed by atoms with Gasteiger partial charge in [-0.05, 0) is 40.2 Å². The normalized spacial score (nSPS) is 12.1. The van der Waals surface area contributed by atoms with Crippen LogP contribution in [-0.2, 0) is 33.0 Å². The molecule has 1 aliphatic heterocycles. The molecule has 5 heterocycles. The summed E-state index contributed by atoms with van der Waals surface area (Å²) in [6.07, 6.45) is 7.03. The van der Waals surface area contributed by atoms with Crippen molar-refractivity contribution >= 4 is 74.1 Å². The third-order valence-corrected chi connectivity index (χ3v) is 7.98. The van der Waals surface area contributed by atoms with Crippen LogP contribution in [0.4, 0.5) is 22.7 Å². The van der Waals surface area contributed by atoms with E-state index in [0.717, 1.165) is 18.9 Å². The second kappa shape index (κ2) is 14.5. The molecular formula is C32H36BrN11O5. The highest BCUT2D eigenvalue weighted by Crippen LogP contribution is 2.21. The van der Waals surface area contributed by atoms with Crippen LogP contribution in [0.1, 0.15) is 48.4 Å². The lowest BCUT2D eigenvalue weighted by Gasteiger charge is -2.06. The molecule has 256 valence electrons. The summed E-state index contributed by atoms with van der Waals surface area (Å²) >= 11 is 3.02. The van der Waals surface area contributed by atoms with Gasteiger partial charge in [-0.15, -0.1) is 0 Å². The maximum atomic E-state index is 13.2. The third kappa shape index (κ3) is 8.18. The lowest BCUT2D eigenvalue weighted by atomic mass is 10.3. The van der Waals surface area contributed by atoms with Crippen molar-refractivity contribution in [3.8, 4) is 0 Å². The Kier molecular flexibility index (Phi) is 10.2. The van der Waals surface area contributed by atoms with Crippen LogP contribution in [0, 0.1) is 0 Å². The summed E-state index contributed by atoms with van der Waals surface area (Å²) in [5.41, 5.74) is 2.79. The van der Waals surface area contributed by atoms with Crippen molar-refractivity contribution in [1.29, 1.82) is 0 Å². The van der Waals surface area contributed by atoms with Crippen molar-refractivity contribution in [2.24, 2.45) is 33.2 Å². The molecule has 0 bridgehead atoms. The predicted molar refractivity (Wildman–Crippen MR) is 189 cm³/mol. The minimum Gasteiger partial charge on any atom is -0.372 e. The average molecular weight is 735 g/mol. The van der Waals surface area contributed by atoms with Crippen LogP contribution in [-0.4, -0.2) is 73.3 Å². The second-order valence-electron chi connectivity index (χ2n) is 11.4. The average Bonchev–Trinajstić information content (AvgIpc) is 3.86. The Morgan fingerprint density at radius 2 is 1.08 bits per heavy atom. The largest absolute Gasteiger partial charge is 0.372 e. The molecule has 49 heavy (non-hydrogen) atoms. The molecule has 0 unspecified atom stereocenters. The Bertz CT molecular complexity index is 2010. The molecule has 17 heteroatoms. The van der Waals surface area contributed by atoms with Gasteiger partial charge in [-0.3, -0.25) is 29.0 Å². The standard InChI is InChI=1S/C32H36BrN11O5/c1-18(33)28(45)37-19-11-24(42(3)14-19)30(47)39-21-13-26(44(5)16-21)32(49)40-22-12-25(43(4)17-22)31(48)38-20-10-23(41(2)15-20)29(46)36-7-6-27-34-8-9-35-27/h10-17H,1,6-9H2,2-5H3,(H,34,35)(H,36,46)(H,37,45)(H,38,48)(H,39,47)(H,40,49).